The summed E-state index contributed by atoms with van der Waals surface area (Å²) >= 11 is 5.08. The highest BCUT2D eigenvalue weighted by Gasteiger charge is 2.47. The SMILES string of the molecule is CC(Cc1sccc1Br)(C(=O)O)C1CC1. The molecule has 1 fully saturated rings. The van der Waals surface area contributed by atoms with Crippen molar-refractivity contribution in [3.8, 4) is 0 Å². The predicted molar refractivity (Wildman–Crippen MR) is 64.2 cm³/mol. The molecule has 0 radical (unpaired) electrons. The zero-order valence-electron chi connectivity index (χ0n) is 8.50. The summed E-state index contributed by atoms with van der Waals surface area (Å²) < 4.78 is 1.04. The third-order valence-electron chi connectivity index (χ3n) is 3.19. The Hall–Kier alpha value is -0.350. The number of thiophene rings is 1. The average Bonchev–Trinajstić information content (AvgIpc) is 2.94. The minimum atomic E-state index is -0.662. The molecule has 0 amide bonds. The lowest BCUT2D eigenvalue weighted by Crippen LogP contribution is -2.32. The van der Waals surface area contributed by atoms with Crippen LogP contribution in [-0.2, 0) is 11.2 Å². The van der Waals surface area contributed by atoms with Crippen molar-refractivity contribution in [1.29, 1.82) is 0 Å². The normalized spacial score (nSPS) is 19.9. The van der Waals surface area contributed by atoms with Crippen LogP contribution in [0.15, 0.2) is 15.9 Å². The van der Waals surface area contributed by atoms with E-state index in [1.165, 1.54) is 0 Å². The Labute approximate surface area is 101 Å². The van der Waals surface area contributed by atoms with Crippen molar-refractivity contribution in [3.05, 3.63) is 20.8 Å². The van der Waals surface area contributed by atoms with Gasteiger partial charge in [0.25, 0.3) is 0 Å². The summed E-state index contributed by atoms with van der Waals surface area (Å²) in [5.41, 5.74) is -0.576. The smallest absolute Gasteiger partial charge is 0.309 e. The van der Waals surface area contributed by atoms with Crippen molar-refractivity contribution >= 4 is 33.2 Å². The number of aliphatic carboxylic acids is 1. The average molecular weight is 289 g/mol. The molecule has 0 aromatic carbocycles. The Bertz CT molecular complexity index is 384. The quantitative estimate of drug-likeness (QED) is 0.920. The summed E-state index contributed by atoms with van der Waals surface area (Å²) in [4.78, 5) is 12.5. The summed E-state index contributed by atoms with van der Waals surface area (Å²) in [5, 5.41) is 11.3. The number of carbonyl (C=O) groups is 1. The first-order valence-electron chi connectivity index (χ1n) is 4.99. The lowest BCUT2D eigenvalue weighted by atomic mass is 9.81. The van der Waals surface area contributed by atoms with Gasteiger partial charge in [0, 0.05) is 9.35 Å². The second-order valence-corrected chi connectivity index (χ2v) is 6.22. The van der Waals surface area contributed by atoms with E-state index < -0.39 is 11.4 Å². The summed E-state index contributed by atoms with van der Waals surface area (Å²) in [6.07, 6.45) is 2.77. The van der Waals surface area contributed by atoms with Crippen molar-refractivity contribution in [2.45, 2.75) is 26.2 Å². The van der Waals surface area contributed by atoms with Crippen LogP contribution in [0.2, 0.25) is 0 Å². The van der Waals surface area contributed by atoms with E-state index in [0.29, 0.717) is 12.3 Å². The number of carboxylic acid groups (broad SMARTS) is 1. The van der Waals surface area contributed by atoms with Gasteiger partial charge in [0.2, 0.25) is 0 Å². The van der Waals surface area contributed by atoms with Crippen LogP contribution in [0.5, 0.6) is 0 Å². The molecule has 1 aromatic heterocycles. The molecular weight excluding hydrogens is 276 g/mol. The molecular formula is C11H13BrO2S. The molecule has 4 heteroatoms. The molecule has 1 aliphatic rings. The molecule has 1 unspecified atom stereocenters. The van der Waals surface area contributed by atoms with Crippen LogP contribution in [-0.4, -0.2) is 11.1 Å². The van der Waals surface area contributed by atoms with Gasteiger partial charge in [0.05, 0.1) is 5.41 Å². The van der Waals surface area contributed by atoms with Gasteiger partial charge >= 0.3 is 5.97 Å². The Morgan fingerprint density at radius 1 is 1.73 bits per heavy atom. The van der Waals surface area contributed by atoms with Gasteiger partial charge in [0.1, 0.15) is 0 Å². The highest BCUT2D eigenvalue weighted by Crippen LogP contribution is 2.48. The van der Waals surface area contributed by atoms with Gasteiger partial charge in [-0.25, -0.2) is 0 Å². The highest BCUT2D eigenvalue weighted by molar-refractivity contribution is 9.10. The number of hydrogen-bond acceptors (Lipinski definition) is 2. The largest absolute Gasteiger partial charge is 0.481 e. The molecule has 0 aliphatic heterocycles. The van der Waals surface area contributed by atoms with Crippen LogP contribution < -0.4 is 0 Å². The zero-order chi connectivity index (χ0) is 11.1. The number of hydrogen-bond donors (Lipinski definition) is 1. The molecule has 1 aromatic rings. The fourth-order valence-electron chi connectivity index (χ4n) is 1.90. The first kappa shape index (κ1) is 11.1. The van der Waals surface area contributed by atoms with E-state index in [9.17, 15) is 9.90 Å². The minimum Gasteiger partial charge on any atom is -0.481 e. The van der Waals surface area contributed by atoms with Gasteiger partial charge in [-0.15, -0.1) is 11.3 Å². The maximum atomic E-state index is 11.3. The third kappa shape index (κ3) is 2.11. The maximum absolute atomic E-state index is 11.3. The van der Waals surface area contributed by atoms with Crippen molar-refractivity contribution in [2.75, 3.05) is 0 Å². The van der Waals surface area contributed by atoms with E-state index in [1.54, 1.807) is 11.3 Å². The van der Waals surface area contributed by atoms with Gasteiger partial charge in [-0.05, 0) is 59.5 Å². The molecule has 1 saturated carbocycles. The standard InChI is InChI=1S/C11H13BrO2S/c1-11(10(13)14,7-2-3-7)6-9-8(12)4-5-15-9/h4-5,7H,2-3,6H2,1H3,(H,13,14). The molecule has 82 valence electrons. The lowest BCUT2D eigenvalue weighted by Gasteiger charge is -2.24. The van der Waals surface area contributed by atoms with Crippen LogP contribution in [0.25, 0.3) is 0 Å². The van der Waals surface area contributed by atoms with E-state index >= 15 is 0 Å². The second-order valence-electron chi connectivity index (χ2n) is 4.37. The number of rotatable bonds is 4. The Morgan fingerprint density at radius 2 is 2.40 bits per heavy atom. The van der Waals surface area contributed by atoms with Gasteiger partial charge in [-0.1, -0.05) is 0 Å². The second kappa shape index (κ2) is 3.91. The first-order valence-corrected chi connectivity index (χ1v) is 6.66. The summed E-state index contributed by atoms with van der Waals surface area (Å²) in [6.45, 7) is 1.87. The Morgan fingerprint density at radius 3 is 2.80 bits per heavy atom. The van der Waals surface area contributed by atoms with E-state index in [-0.39, 0.29) is 0 Å². The van der Waals surface area contributed by atoms with Crippen LogP contribution in [0.4, 0.5) is 0 Å². The van der Waals surface area contributed by atoms with Gasteiger partial charge < -0.3 is 5.11 Å². The van der Waals surface area contributed by atoms with Crippen LogP contribution in [0.3, 0.4) is 0 Å². The lowest BCUT2D eigenvalue weighted by molar-refractivity contribution is -0.149. The summed E-state index contributed by atoms with van der Waals surface area (Å²) in [5.74, 6) is -0.297. The number of carboxylic acids is 1. The first-order chi connectivity index (χ1) is 7.04. The van der Waals surface area contributed by atoms with E-state index in [1.807, 2.05) is 18.4 Å². The molecule has 1 heterocycles. The van der Waals surface area contributed by atoms with E-state index in [2.05, 4.69) is 15.9 Å². The van der Waals surface area contributed by atoms with Crippen molar-refractivity contribution in [1.82, 2.24) is 0 Å². The van der Waals surface area contributed by atoms with Crippen LogP contribution in [0, 0.1) is 11.3 Å². The molecule has 0 bridgehead atoms. The minimum absolute atomic E-state index is 0.365. The molecule has 0 saturated heterocycles. The third-order valence-corrected chi connectivity index (χ3v) is 5.11. The zero-order valence-corrected chi connectivity index (χ0v) is 10.9. The van der Waals surface area contributed by atoms with E-state index in [0.717, 1.165) is 22.2 Å². The number of halogens is 1. The molecule has 15 heavy (non-hydrogen) atoms. The predicted octanol–water partition coefficient (Wildman–Crippen LogP) is 3.55. The Balaban J connectivity index is 2.21. The van der Waals surface area contributed by atoms with Gasteiger partial charge in [-0.2, -0.15) is 0 Å². The van der Waals surface area contributed by atoms with Crippen molar-refractivity contribution < 1.29 is 9.90 Å². The Kier molecular flexibility index (Phi) is 2.90. The van der Waals surface area contributed by atoms with Crippen molar-refractivity contribution in [2.24, 2.45) is 11.3 Å². The van der Waals surface area contributed by atoms with E-state index in [4.69, 9.17) is 0 Å². The van der Waals surface area contributed by atoms with Crippen LogP contribution in [0.1, 0.15) is 24.6 Å². The topological polar surface area (TPSA) is 37.3 Å². The molecule has 2 nitrogen and oxygen atoms in total. The molecule has 2 rings (SSSR count). The fourth-order valence-corrected chi connectivity index (χ4v) is 3.56. The monoisotopic (exact) mass is 288 g/mol. The molecule has 1 atom stereocenters. The summed E-state index contributed by atoms with van der Waals surface area (Å²) in [6, 6.07) is 1.98. The fraction of sp³-hybridized carbons (Fsp3) is 0.545. The summed E-state index contributed by atoms with van der Waals surface area (Å²) in [7, 11) is 0. The highest BCUT2D eigenvalue weighted by atomic mass is 79.9. The maximum Gasteiger partial charge on any atom is 0.309 e. The van der Waals surface area contributed by atoms with Gasteiger partial charge in [-0.3, -0.25) is 4.79 Å². The molecule has 0 spiro atoms. The van der Waals surface area contributed by atoms with Crippen LogP contribution >= 0.6 is 27.3 Å². The molecule has 1 N–H and O–H groups in total. The van der Waals surface area contributed by atoms with Crippen molar-refractivity contribution in [3.63, 3.8) is 0 Å². The van der Waals surface area contributed by atoms with Gasteiger partial charge in [0.15, 0.2) is 0 Å². The molecule has 1 aliphatic carbocycles.